The lowest BCUT2D eigenvalue weighted by Gasteiger charge is -2.37. The predicted octanol–water partition coefficient (Wildman–Crippen LogP) is 2.29. The maximum atomic E-state index is 12.3. The van der Waals surface area contributed by atoms with Crippen LogP contribution in [-0.4, -0.2) is 41.5 Å². The maximum absolute atomic E-state index is 12.3. The van der Waals surface area contributed by atoms with Crippen LogP contribution in [0.1, 0.15) is 19.8 Å². The fourth-order valence-electron chi connectivity index (χ4n) is 3.02. The Bertz CT molecular complexity index is 623. The first kappa shape index (κ1) is 15.4. The first-order valence-corrected chi connectivity index (χ1v) is 8.57. The van der Waals surface area contributed by atoms with Crippen molar-refractivity contribution in [2.75, 3.05) is 25.0 Å². The minimum atomic E-state index is -0.00735. The molecule has 2 unspecified atom stereocenters. The third kappa shape index (κ3) is 3.45. The fraction of sp³-hybridized carbons (Fsp3) is 0.500. The molecule has 2 atom stereocenters. The Kier molecular flexibility index (Phi) is 4.71. The van der Waals surface area contributed by atoms with Gasteiger partial charge in [0, 0.05) is 12.6 Å². The van der Waals surface area contributed by atoms with E-state index in [9.17, 15) is 4.79 Å². The molecule has 1 aliphatic rings. The van der Waals surface area contributed by atoms with Crippen molar-refractivity contribution >= 4 is 32.6 Å². The average molecular weight is 318 g/mol. The van der Waals surface area contributed by atoms with Crippen molar-refractivity contribution in [1.82, 2.24) is 9.88 Å². The van der Waals surface area contributed by atoms with Gasteiger partial charge in [-0.1, -0.05) is 30.4 Å². The highest BCUT2D eigenvalue weighted by Gasteiger charge is 2.26. The van der Waals surface area contributed by atoms with Gasteiger partial charge in [-0.2, -0.15) is 0 Å². The van der Waals surface area contributed by atoms with Crippen LogP contribution >= 0.6 is 11.3 Å². The van der Waals surface area contributed by atoms with E-state index in [1.807, 2.05) is 24.3 Å². The van der Waals surface area contributed by atoms with E-state index in [4.69, 9.17) is 5.73 Å². The Hall–Kier alpha value is -1.50. The number of aromatic nitrogens is 1. The van der Waals surface area contributed by atoms with Crippen LogP contribution in [0.25, 0.3) is 10.2 Å². The third-order valence-electron chi connectivity index (χ3n) is 4.26. The Morgan fingerprint density at radius 1 is 1.50 bits per heavy atom. The van der Waals surface area contributed by atoms with E-state index in [0.29, 0.717) is 30.2 Å². The molecule has 3 N–H and O–H groups in total. The Morgan fingerprint density at radius 3 is 3.09 bits per heavy atom. The number of carbonyl (C=O) groups excluding carboxylic acids is 1. The second-order valence-electron chi connectivity index (χ2n) is 6.02. The molecule has 1 saturated heterocycles. The van der Waals surface area contributed by atoms with Gasteiger partial charge in [0.25, 0.3) is 0 Å². The lowest BCUT2D eigenvalue weighted by Crippen LogP contribution is -2.49. The van der Waals surface area contributed by atoms with Crippen molar-refractivity contribution in [2.45, 2.75) is 25.8 Å². The highest BCUT2D eigenvalue weighted by Crippen LogP contribution is 2.26. The number of rotatable bonds is 4. The number of piperidine rings is 1. The molecule has 1 fully saturated rings. The molecule has 0 bridgehead atoms. The van der Waals surface area contributed by atoms with E-state index < -0.39 is 0 Å². The van der Waals surface area contributed by atoms with E-state index in [2.05, 4.69) is 22.1 Å². The molecule has 0 saturated carbocycles. The first-order chi connectivity index (χ1) is 10.7. The van der Waals surface area contributed by atoms with Crippen LogP contribution in [0.3, 0.4) is 0 Å². The number of nitrogens with one attached hydrogen (secondary N) is 1. The quantitative estimate of drug-likeness (QED) is 0.907. The molecule has 1 aromatic carbocycles. The number of hydrogen-bond donors (Lipinski definition) is 2. The molecule has 0 radical (unpaired) electrons. The Balaban J connectivity index is 1.62. The van der Waals surface area contributed by atoms with Gasteiger partial charge in [-0.05, 0) is 37.4 Å². The van der Waals surface area contributed by atoms with E-state index >= 15 is 0 Å². The van der Waals surface area contributed by atoms with Gasteiger partial charge < -0.3 is 11.1 Å². The summed E-state index contributed by atoms with van der Waals surface area (Å²) >= 11 is 1.51. The summed E-state index contributed by atoms with van der Waals surface area (Å²) in [6, 6.07) is 8.21. The van der Waals surface area contributed by atoms with E-state index in [0.717, 1.165) is 29.6 Å². The lowest BCUT2D eigenvalue weighted by molar-refractivity contribution is -0.118. The van der Waals surface area contributed by atoms with Gasteiger partial charge in [-0.15, -0.1) is 0 Å². The van der Waals surface area contributed by atoms with Crippen molar-refractivity contribution in [3.63, 3.8) is 0 Å². The monoisotopic (exact) mass is 318 g/mol. The molecule has 6 heteroatoms. The van der Waals surface area contributed by atoms with Crippen molar-refractivity contribution in [2.24, 2.45) is 11.7 Å². The Labute approximate surface area is 134 Å². The number of nitrogens with two attached hydrogens (primary N) is 1. The highest BCUT2D eigenvalue weighted by molar-refractivity contribution is 7.22. The fourth-order valence-corrected chi connectivity index (χ4v) is 3.90. The number of likely N-dealkylation sites (tertiary alicyclic amines) is 1. The number of nitrogens with zero attached hydrogens (tertiary/aromatic N) is 2. The largest absolute Gasteiger partial charge is 0.329 e. The van der Waals surface area contributed by atoms with Gasteiger partial charge in [0.1, 0.15) is 0 Å². The summed E-state index contributed by atoms with van der Waals surface area (Å²) in [5, 5.41) is 3.59. The summed E-state index contributed by atoms with van der Waals surface area (Å²) in [4.78, 5) is 18.9. The first-order valence-electron chi connectivity index (χ1n) is 7.75. The van der Waals surface area contributed by atoms with Crippen LogP contribution in [0.4, 0.5) is 5.13 Å². The van der Waals surface area contributed by atoms with Gasteiger partial charge >= 0.3 is 0 Å². The molecule has 0 spiro atoms. The summed E-state index contributed by atoms with van der Waals surface area (Å²) in [6.07, 6.45) is 2.20. The van der Waals surface area contributed by atoms with Gasteiger partial charge in [0.15, 0.2) is 5.13 Å². The number of amides is 1. The van der Waals surface area contributed by atoms with Crippen molar-refractivity contribution in [3.05, 3.63) is 24.3 Å². The standard InChI is InChI=1S/C16H22N4OS/c1-11-6-7-20(12(8-11)9-17)10-15(21)19-16-18-13-4-2-3-5-14(13)22-16/h2-5,11-12H,6-10,17H2,1H3,(H,18,19,21). The SMILES string of the molecule is CC1CCN(CC(=O)Nc2nc3ccccc3s2)C(CN)C1. The third-order valence-corrected chi connectivity index (χ3v) is 5.21. The number of benzene rings is 1. The molecule has 2 aromatic rings. The summed E-state index contributed by atoms with van der Waals surface area (Å²) in [5.74, 6) is 0.684. The molecule has 2 heterocycles. The molecule has 118 valence electrons. The lowest BCUT2D eigenvalue weighted by atomic mass is 9.92. The molecular formula is C16H22N4OS. The number of fused-ring (bicyclic) bond motifs is 1. The molecule has 0 aliphatic carbocycles. The van der Waals surface area contributed by atoms with E-state index in [1.165, 1.54) is 11.3 Å². The van der Waals surface area contributed by atoms with Gasteiger partial charge in [-0.3, -0.25) is 9.69 Å². The van der Waals surface area contributed by atoms with Crippen LogP contribution in [0, 0.1) is 5.92 Å². The minimum Gasteiger partial charge on any atom is -0.329 e. The molecule has 1 aromatic heterocycles. The molecule has 3 rings (SSSR count). The number of para-hydroxylation sites is 1. The van der Waals surface area contributed by atoms with E-state index in [1.54, 1.807) is 0 Å². The van der Waals surface area contributed by atoms with Crippen LogP contribution in [0.5, 0.6) is 0 Å². The smallest absolute Gasteiger partial charge is 0.240 e. The van der Waals surface area contributed by atoms with Crippen molar-refractivity contribution < 1.29 is 4.79 Å². The molecule has 1 amide bonds. The zero-order valence-electron chi connectivity index (χ0n) is 12.8. The zero-order chi connectivity index (χ0) is 15.5. The van der Waals surface area contributed by atoms with Gasteiger partial charge in [0.2, 0.25) is 5.91 Å². The average Bonchev–Trinajstić information content (AvgIpc) is 2.91. The summed E-state index contributed by atoms with van der Waals surface area (Å²) in [7, 11) is 0. The second-order valence-corrected chi connectivity index (χ2v) is 7.06. The Morgan fingerprint density at radius 2 is 2.32 bits per heavy atom. The van der Waals surface area contributed by atoms with Crippen molar-refractivity contribution in [1.29, 1.82) is 0 Å². The van der Waals surface area contributed by atoms with E-state index in [-0.39, 0.29) is 5.91 Å². The summed E-state index contributed by atoms with van der Waals surface area (Å²) in [5.41, 5.74) is 6.78. The topological polar surface area (TPSA) is 71.2 Å². The van der Waals surface area contributed by atoms with Crippen LogP contribution in [0.15, 0.2) is 24.3 Å². The van der Waals surface area contributed by atoms with Crippen LogP contribution in [0.2, 0.25) is 0 Å². The summed E-state index contributed by atoms with van der Waals surface area (Å²) in [6.45, 7) is 4.20. The molecular weight excluding hydrogens is 296 g/mol. The molecule has 1 aliphatic heterocycles. The van der Waals surface area contributed by atoms with Crippen LogP contribution in [-0.2, 0) is 4.79 Å². The predicted molar refractivity (Wildman–Crippen MR) is 91.1 cm³/mol. The van der Waals surface area contributed by atoms with Crippen LogP contribution < -0.4 is 11.1 Å². The number of carbonyl (C=O) groups is 1. The maximum Gasteiger partial charge on any atom is 0.240 e. The number of hydrogen-bond acceptors (Lipinski definition) is 5. The molecule has 22 heavy (non-hydrogen) atoms. The summed E-state index contributed by atoms with van der Waals surface area (Å²) < 4.78 is 1.09. The normalized spacial score (nSPS) is 22.8. The second kappa shape index (κ2) is 6.73. The minimum absolute atomic E-state index is 0.00735. The molecule has 5 nitrogen and oxygen atoms in total. The van der Waals surface area contributed by atoms with Gasteiger partial charge in [-0.25, -0.2) is 4.98 Å². The number of anilines is 1. The zero-order valence-corrected chi connectivity index (χ0v) is 13.6. The highest BCUT2D eigenvalue weighted by atomic mass is 32.1. The van der Waals surface area contributed by atoms with Gasteiger partial charge in [0.05, 0.1) is 16.8 Å². The number of thiazole rings is 1. The van der Waals surface area contributed by atoms with Crippen molar-refractivity contribution in [3.8, 4) is 0 Å².